The molecule has 0 aliphatic carbocycles. The Labute approximate surface area is 126 Å². The number of rotatable bonds is 2. The highest BCUT2D eigenvalue weighted by Gasteiger charge is 2.33. The molecular weight excluding hydrogens is 317 g/mol. The average Bonchev–Trinajstić information content (AvgIpc) is 2.70. The maximum Gasteiger partial charge on any atom is 0.573 e. The number of alkyl halides is 3. The minimum Gasteiger partial charge on any atom is -0.406 e. The molecule has 0 fully saturated rings. The summed E-state index contributed by atoms with van der Waals surface area (Å²) in [6, 6.07) is 8.32. The molecule has 1 atom stereocenters. The van der Waals surface area contributed by atoms with Gasteiger partial charge in [0.2, 0.25) is 0 Å². The molecule has 1 aliphatic heterocycles. The fraction of sp³-hybridized carbons (Fsp3) is 0.133. The lowest BCUT2D eigenvalue weighted by Crippen LogP contribution is -2.17. The van der Waals surface area contributed by atoms with Gasteiger partial charge in [0.15, 0.2) is 5.78 Å². The summed E-state index contributed by atoms with van der Waals surface area (Å²) in [7, 11) is -1.47. The molecule has 1 aliphatic rings. The quantitative estimate of drug-likeness (QED) is 0.670. The number of fused-ring (bicyclic) bond motifs is 3. The fourth-order valence-electron chi connectivity index (χ4n) is 2.32. The molecule has 3 nitrogen and oxygen atoms in total. The van der Waals surface area contributed by atoms with E-state index >= 15 is 0 Å². The van der Waals surface area contributed by atoms with Crippen LogP contribution in [0.1, 0.15) is 17.3 Å². The Hall–Kier alpha value is -2.15. The van der Waals surface area contributed by atoms with Crippen molar-refractivity contribution >= 4 is 16.6 Å². The highest BCUT2D eigenvalue weighted by atomic mass is 32.2. The van der Waals surface area contributed by atoms with Crippen molar-refractivity contribution in [2.45, 2.75) is 23.1 Å². The molecule has 0 saturated heterocycles. The summed E-state index contributed by atoms with van der Waals surface area (Å²) in [5, 5.41) is 0. The Balaban J connectivity index is 2.13. The van der Waals surface area contributed by atoms with Crippen LogP contribution in [0.4, 0.5) is 13.2 Å². The average molecular weight is 326 g/mol. The number of carbonyl (C=O) groups is 1. The van der Waals surface area contributed by atoms with E-state index in [1.54, 1.807) is 18.2 Å². The van der Waals surface area contributed by atoms with Crippen molar-refractivity contribution in [3.63, 3.8) is 0 Å². The van der Waals surface area contributed by atoms with Crippen molar-refractivity contribution in [2.24, 2.45) is 0 Å². The Morgan fingerprint density at radius 2 is 1.64 bits per heavy atom. The zero-order chi connectivity index (χ0) is 16.1. The van der Waals surface area contributed by atoms with Gasteiger partial charge in [-0.1, -0.05) is 6.07 Å². The number of carbonyl (C=O) groups excluding carboxylic acids is 1. The monoisotopic (exact) mass is 326 g/mol. The van der Waals surface area contributed by atoms with Crippen LogP contribution >= 0.6 is 0 Å². The number of hydrogen-bond donors (Lipinski definition) is 0. The van der Waals surface area contributed by atoms with Crippen molar-refractivity contribution in [1.29, 1.82) is 0 Å². The number of halogens is 3. The summed E-state index contributed by atoms with van der Waals surface area (Å²) < 4.78 is 53.1. The van der Waals surface area contributed by atoms with Crippen LogP contribution in [-0.2, 0) is 10.8 Å². The van der Waals surface area contributed by atoms with Crippen molar-refractivity contribution in [2.75, 3.05) is 0 Å². The minimum atomic E-state index is -4.80. The maximum absolute atomic E-state index is 12.3. The first-order chi connectivity index (χ1) is 10.3. The third-order valence-corrected chi connectivity index (χ3v) is 4.77. The molecule has 114 valence electrons. The molecule has 0 aromatic heterocycles. The Morgan fingerprint density at radius 1 is 1.05 bits per heavy atom. The number of ketones is 1. The normalized spacial score (nSPS) is 16.1. The van der Waals surface area contributed by atoms with Gasteiger partial charge in [0, 0.05) is 16.7 Å². The summed E-state index contributed by atoms with van der Waals surface area (Å²) in [5.74, 6) is -0.561. The van der Waals surface area contributed by atoms with Crippen molar-refractivity contribution < 1.29 is 26.9 Å². The molecule has 2 aromatic rings. The predicted molar refractivity (Wildman–Crippen MR) is 73.2 cm³/mol. The SMILES string of the molecule is CC(=O)c1ccc2c(c1)-c1cc(OC(F)(F)F)ccc1S2=O. The first-order valence-corrected chi connectivity index (χ1v) is 7.38. The van der Waals surface area contributed by atoms with Crippen LogP contribution in [0, 0.1) is 0 Å². The first kappa shape index (κ1) is 14.8. The Morgan fingerprint density at radius 3 is 2.23 bits per heavy atom. The molecule has 0 spiro atoms. The van der Waals surface area contributed by atoms with E-state index in [2.05, 4.69) is 4.74 Å². The number of hydrogen-bond acceptors (Lipinski definition) is 3. The standard InChI is InChI=1S/C15H9F3O3S/c1-8(19)9-2-4-13-11(6-9)12-7-10(21-15(16,17)18)3-5-14(12)22(13)20/h2-7H,1H3. The summed E-state index contributed by atoms with van der Waals surface area (Å²) in [5.41, 5.74) is 1.29. The number of benzene rings is 2. The smallest absolute Gasteiger partial charge is 0.406 e. The lowest BCUT2D eigenvalue weighted by Gasteiger charge is -2.10. The van der Waals surface area contributed by atoms with Gasteiger partial charge in [0.05, 0.1) is 20.6 Å². The van der Waals surface area contributed by atoms with E-state index in [0.717, 1.165) is 6.07 Å². The second-order valence-electron chi connectivity index (χ2n) is 4.74. The van der Waals surface area contributed by atoms with Crippen LogP contribution in [0.15, 0.2) is 46.2 Å². The van der Waals surface area contributed by atoms with Gasteiger partial charge in [-0.3, -0.25) is 4.79 Å². The van der Waals surface area contributed by atoms with Gasteiger partial charge >= 0.3 is 6.36 Å². The molecular formula is C15H9F3O3S. The Bertz CT molecular complexity index is 812. The molecule has 2 aromatic carbocycles. The fourth-order valence-corrected chi connectivity index (χ4v) is 3.68. The van der Waals surface area contributed by atoms with Crippen molar-refractivity contribution in [3.05, 3.63) is 42.0 Å². The van der Waals surface area contributed by atoms with Gasteiger partial charge in [-0.15, -0.1) is 13.2 Å². The summed E-state index contributed by atoms with van der Waals surface area (Å²) in [6.45, 7) is 1.39. The highest BCUT2D eigenvalue weighted by molar-refractivity contribution is 7.85. The van der Waals surface area contributed by atoms with E-state index in [1.807, 2.05) is 0 Å². The molecule has 0 bridgehead atoms. The van der Waals surface area contributed by atoms with Gasteiger partial charge in [-0.25, -0.2) is 4.21 Å². The van der Waals surface area contributed by atoms with Crippen LogP contribution in [-0.4, -0.2) is 16.4 Å². The van der Waals surface area contributed by atoms with Crippen LogP contribution < -0.4 is 4.74 Å². The predicted octanol–water partition coefficient (Wildman–Crippen LogP) is 3.93. The van der Waals surface area contributed by atoms with Crippen molar-refractivity contribution in [1.82, 2.24) is 0 Å². The molecule has 1 unspecified atom stereocenters. The minimum absolute atomic E-state index is 0.176. The van der Waals surface area contributed by atoms with Gasteiger partial charge in [0.1, 0.15) is 5.75 Å². The summed E-state index contributed by atoms with van der Waals surface area (Å²) >= 11 is 0. The first-order valence-electron chi connectivity index (χ1n) is 6.23. The van der Waals surface area contributed by atoms with Gasteiger partial charge in [0.25, 0.3) is 0 Å². The molecule has 1 heterocycles. The van der Waals surface area contributed by atoms with E-state index < -0.39 is 17.2 Å². The second kappa shape index (κ2) is 4.95. The zero-order valence-corrected chi connectivity index (χ0v) is 12.0. The van der Waals surface area contributed by atoms with Gasteiger partial charge < -0.3 is 4.74 Å². The third kappa shape index (κ3) is 2.52. The molecule has 0 N–H and O–H groups in total. The molecule has 0 saturated carbocycles. The lowest BCUT2D eigenvalue weighted by atomic mass is 10.0. The zero-order valence-electron chi connectivity index (χ0n) is 11.2. The van der Waals surface area contributed by atoms with Crippen LogP contribution in [0.25, 0.3) is 11.1 Å². The van der Waals surface area contributed by atoms with Crippen molar-refractivity contribution in [3.8, 4) is 16.9 Å². The second-order valence-corrected chi connectivity index (χ2v) is 6.16. The molecule has 0 radical (unpaired) electrons. The number of ether oxygens (including phenoxy) is 1. The molecule has 22 heavy (non-hydrogen) atoms. The topological polar surface area (TPSA) is 43.4 Å². The van der Waals surface area contributed by atoms with E-state index in [1.165, 1.54) is 19.1 Å². The molecule has 3 rings (SSSR count). The van der Waals surface area contributed by atoms with Crippen LogP contribution in [0.3, 0.4) is 0 Å². The third-order valence-electron chi connectivity index (χ3n) is 3.26. The lowest BCUT2D eigenvalue weighted by molar-refractivity contribution is -0.274. The van der Waals surface area contributed by atoms with E-state index in [9.17, 15) is 22.2 Å². The maximum atomic E-state index is 12.3. The van der Waals surface area contributed by atoms with Gasteiger partial charge in [-0.2, -0.15) is 0 Å². The van der Waals surface area contributed by atoms with E-state index in [-0.39, 0.29) is 11.5 Å². The summed E-state index contributed by atoms with van der Waals surface area (Å²) in [4.78, 5) is 12.3. The molecule has 7 heteroatoms. The van der Waals surface area contributed by atoms with Crippen LogP contribution in [0.2, 0.25) is 0 Å². The highest BCUT2D eigenvalue weighted by Crippen LogP contribution is 2.43. The number of Topliss-reactive ketones (excluding diaryl/α,β-unsaturated/α-hetero) is 1. The largest absolute Gasteiger partial charge is 0.573 e. The summed E-state index contributed by atoms with van der Waals surface area (Å²) in [6.07, 6.45) is -4.80. The van der Waals surface area contributed by atoms with Gasteiger partial charge in [-0.05, 0) is 37.3 Å². The molecule has 0 amide bonds. The van der Waals surface area contributed by atoms with E-state index in [0.29, 0.717) is 26.5 Å². The van der Waals surface area contributed by atoms with Crippen LogP contribution in [0.5, 0.6) is 5.75 Å². The van der Waals surface area contributed by atoms with E-state index in [4.69, 9.17) is 0 Å². The Kier molecular flexibility index (Phi) is 3.32.